The summed E-state index contributed by atoms with van der Waals surface area (Å²) in [6.07, 6.45) is 2.04. The Labute approximate surface area is 154 Å². The predicted molar refractivity (Wildman–Crippen MR) is 103 cm³/mol. The maximum Gasteiger partial charge on any atom is 0.0805 e. The van der Waals surface area contributed by atoms with Gasteiger partial charge in [-0.25, -0.2) is 0 Å². The van der Waals surface area contributed by atoms with Crippen molar-refractivity contribution >= 4 is 10.9 Å². The van der Waals surface area contributed by atoms with E-state index in [0.29, 0.717) is 13.0 Å². The summed E-state index contributed by atoms with van der Waals surface area (Å²) >= 11 is 0. The number of rotatable bonds is 5. The number of pyridine rings is 1. The topological polar surface area (TPSA) is 45.6 Å². The van der Waals surface area contributed by atoms with Crippen LogP contribution in [0.4, 0.5) is 0 Å². The summed E-state index contributed by atoms with van der Waals surface area (Å²) in [6, 6.07) is 20.5. The molecule has 0 aliphatic carbocycles. The number of fused-ring (bicyclic) bond motifs is 1. The first-order chi connectivity index (χ1) is 12.8. The molecule has 1 N–H and O–H groups in total. The van der Waals surface area contributed by atoms with Crippen LogP contribution in [0.5, 0.6) is 0 Å². The van der Waals surface area contributed by atoms with Gasteiger partial charge in [0.25, 0.3) is 0 Å². The van der Waals surface area contributed by atoms with Gasteiger partial charge in [-0.05, 0) is 23.6 Å². The first-order valence-corrected chi connectivity index (χ1v) is 9.19. The van der Waals surface area contributed by atoms with Crippen LogP contribution in [0, 0.1) is 0 Å². The average Bonchev–Trinajstić information content (AvgIpc) is 2.70. The fourth-order valence-electron chi connectivity index (χ4n) is 3.70. The monoisotopic (exact) mass is 348 g/mol. The third-order valence-corrected chi connectivity index (χ3v) is 5.12. The first-order valence-electron chi connectivity index (χ1n) is 9.19. The molecule has 0 amide bonds. The number of aliphatic hydroxyl groups excluding tert-OH is 1. The van der Waals surface area contributed by atoms with Gasteiger partial charge in [0.2, 0.25) is 0 Å². The molecule has 2 atom stereocenters. The molecule has 3 aromatic rings. The highest BCUT2D eigenvalue weighted by atomic mass is 16.5. The quantitative estimate of drug-likeness (QED) is 0.766. The Bertz CT molecular complexity index is 848. The van der Waals surface area contributed by atoms with Crippen LogP contribution < -0.4 is 0 Å². The molecular weight excluding hydrogens is 324 g/mol. The lowest BCUT2D eigenvalue weighted by Crippen LogP contribution is -2.45. The van der Waals surface area contributed by atoms with E-state index in [4.69, 9.17) is 4.74 Å². The Morgan fingerprint density at radius 1 is 1.08 bits per heavy atom. The molecular formula is C22H24N2O2. The SMILES string of the molecule is O[C@@H](C[C@H]1COCCN1Cc1cccc2cccnc12)c1ccccc1. The van der Waals surface area contributed by atoms with E-state index in [0.717, 1.165) is 30.8 Å². The highest BCUT2D eigenvalue weighted by molar-refractivity contribution is 5.81. The van der Waals surface area contributed by atoms with E-state index in [2.05, 4.69) is 34.1 Å². The van der Waals surface area contributed by atoms with Crippen molar-refractivity contribution < 1.29 is 9.84 Å². The highest BCUT2D eigenvalue weighted by Gasteiger charge is 2.26. The molecule has 26 heavy (non-hydrogen) atoms. The van der Waals surface area contributed by atoms with Crippen LogP contribution in [-0.2, 0) is 11.3 Å². The van der Waals surface area contributed by atoms with Gasteiger partial charge >= 0.3 is 0 Å². The standard InChI is InChI=1S/C22H24N2O2/c25-21(17-6-2-1-3-7-17)14-20-16-26-13-12-24(20)15-19-9-4-8-18-10-5-11-23-22(18)19/h1-11,20-21,25H,12-16H2/t20-,21-/m0/s1. The molecule has 0 saturated carbocycles. The molecule has 1 aromatic heterocycles. The van der Waals surface area contributed by atoms with Gasteiger partial charge in [0.15, 0.2) is 0 Å². The lowest BCUT2D eigenvalue weighted by Gasteiger charge is -2.36. The number of benzene rings is 2. The smallest absolute Gasteiger partial charge is 0.0805 e. The minimum atomic E-state index is -0.476. The fraction of sp³-hybridized carbons (Fsp3) is 0.318. The molecule has 0 radical (unpaired) electrons. The van der Waals surface area contributed by atoms with Crippen molar-refractivity contribution in [1.29, 1.82) is 0 Å². The van der Waals surface area contributed by atoms with Gasteiger partial charge in [-0.3, -0.25) is 9.88 Å². The maximum absolute atomic E-state index is 10.6. The maximum atomic E-state index is 10.6. The second kappa shape index (κ2) is 7.96. The number of hydrogen-bond acceptors (Lipinski definition) is 4. The van der Waals surface area contributed by atoms with Gasteiger partial charge in [0.05, 0.1) is 24.8 Å². The number of para-hydroxylation sites is 1. The average molecular weight is 348 g/mol. The number of ether oxygens (including phenoxy) is 1. The number of nitrogens with zero attached hydrogens (tertiary/aromatic N) is 2. The summed E-state index contributed by atoms with van der Waals surface area (Å²) in [6.45, 7) is 3.08. The molecule has 1 aliphatic heterocycles. The van der Waals surface area contributed by atoms with Crippen molar-refractivity contribution in [2.75, 3.05) is 19.8 Å². The van der Waals surface area contributed by atoms with E-state index in [9.17, 15) is 5.11 Å². The molecule has 0 spiro atoms. The summed E-state index contributed by atoms with van der Waals surface area (Å²) < 4.78 is 5.71. The Balaban J connectivity index is 1.52. The molecule has 2 aromatic carbocycles. The number of aliphatic hydroxyl groups is 1. The van der Waals surface area contributed by atoms with Crippen molar-refractivity contribution in [2.24, 2.45) is 0 Å². The summed E-state index contributed by atoms with van der Waals surface area (Å²) in [5.74, 6) is 0. The first kappa shape index (κ1) is 17.2. The van der Waals surface area contributed by atoms with Crippen LogP contribution in [-0.4, -0.2) is 40.8 Å². The Morgan fingerprint density at radius 3 is 2.81 bits per heavy atom. The lowest BCUT2D eigenvalue weighted by molar-refractivity contribution is -0.0298. The van der Waals surface area contributed by atoms with E-state index >= 15 is 0 Å². The number of hydrogen-bond donors (Lipinski definition) is 1. The largest absolute Gasteiger partial charge is 0.388 e. The lowest BCUT2D eigenvalue weighted by atomic mass is 10.00. The molecule has 1 aliphatic rings. The van der Waals surface area contributed by atoms with Gasteiger partial charge in [-0.15, -0.1) is 0 Å². The van der Waals surface area contributed by atoms with Crippen LogP contribution in [0.3, 0.4) is 0 Å². The summed E-state index contributed by atoms with van der Waals surface area (Å²) in [4.78, 5) is 6.99. The summed E-state index contributed by atoms with van der Waals surface area (Å²) in [5.41, 5.74) is 3.25. The molecule has 4 heteroatoms. The van der Waals surface area contributed by atoms with Crippen molar-refractivity contribution in [1.82, 2.24) is 9.88 Å². The second-order valence-electron chi connectivity index (χ2n) is 6.85. The van der Waals surface area contributed by atoms with E-state index in [1.807, 2.05) is 42.6 Å². The van der Waals surface area contributed by atoms with E-state index in [1.54, 1.807) is 0 Å². The molecule has 1 saturated heterocycles. The molecule has 4 rings (SSSR count). The normalized spacial score (nSPS) is 19.5. The van der Waals surface area contributed by atoms with Crippen LogP contribution in [0.25, 0.3) is 10.9 Å². The molecule has 0 unspecified atom stereocenters. The third-order valence-electron chi connectivity index (χ3n) is 5.12. The van der Waals surface area contributed by atoms with Gasteiger partial charge < -0.3 is 9.84 Å². The van der Waals surface area contributed by atoms with Crippen molar-refractivity contribution in [2.45, 2.75) is 25.1 Å². The van der Waals surface area contributed by atoms with Crippen LogP contribution in [0.2, 0.25) is 0 Å². The van der Waals surface area contributed by atoms with Gasteiger partial charge in [0.1, 0.15) is 0 Å². The minimum absolute atomic E-state index is 0.193. The van der Waals surface area contributed by atoms with Crippen molar-refractivity contribution in [3.05, 3.63) is 78.0 Å². The van der Waals surface area contributed by atoms with Crippen LogP contribution >= 0.6 is 0 Å². The second-order valence-corrected chi connectivity index (χ2v) is 6.85. The minimum Gasteiger partial charge on any atom is -0.388 e. The van der Waals surface area contributed by atoms with Crippen LogP contribution in [0.15, 0.2) is 66.9 Å². The number of morpholine rings is 1. The van der Waals surface area contributed by atoms with Crippen LogP contribution in [0.1, 0.15) is 23.7 Å². The van der Waals surface area contributed by atoms with Gasteiger partial charge in [-0.1, -0.05) is 54.6 Å². The van der Waals surface area contributed by atoms with Gasteiger partial charge in [-0.2, -0.15) is 0 Å². The van der Waals surface area contributed by atoms with Gasteiger partial charge in [0, 0.05) is 30.7 Å². The zero-order valence-electron chi connectivity index (χ0n) is 14.8. The zero-order chi connectivity index (χ0) is 17.8. The number of aromatic nitrogens is 1. The summed E-state index contributed by atoms with van der Waals surface area (Å²) in [7, 11) is 0. The molecule has 0 bridgehead atoms. The molecule has 4 nitrogen and oxygen atoms in total. The Kier molecular flexibility index (Phi) is 5.25. The van der Waals surface area contributed by atoms with E-state index in [1.165, 1.54) is 10.9 Å². The summed E-state index contributed by atoms with van der Waals surface area (Å²) in [5, 5.41) is 11.8. The van der Waals surface area contributed by atoms with Crippen molar-refractivity contribution in [3.8, 4) is 0 Å². The predicted octanol–water partition coefficient (Wildman–Crippen LogP) is 3.56. The molecule has 1 fully saturated rings. The van der Waals surface area contributed by atoms with E-state index < -0.39 is 6.10 Å². The molecule has 2 heterocycles. The van der Waals surface area contributed by atoms with E-state index in [-0.39, 0.29) is 6.04 Å². The van der Waals surface area contributed by atoms with Crippen molar-refractivity contribution in [3.63, 3.8) is 0 Å². The zero-order valence-corrected chi connectivity index (χ0v) is 14.8. The molecule has 134 valence electrons. The fourth-order valence-corrected chi connectivity index (χ4v) is 3.70. The third kappa shape index (κ3) is 3.78. The highest BCUT2D eigenvalue weighted by Crippen LogP contribution is 2.25. The Hall–Kier alpha value is -2.27. The Morgan fingerprint density at radius 2 is 1.92 bits per heavy atom.